The first kappa shape index (κ1) is 26.9. The van der Waals surface area contributed by atoms with Gasteiger partial charge in [0.05, 0.1) is 17.0 Å². The number of benzene rings is 2. The maximum absolute atomic E-state index is 13.2. The van der Waals surface area contributed by atoms with E-state index in [9.17, 15) is 19.2 Å². The molecule has 0 bridgehead atoms. The van der Waals surface area contributed by atoms with Gasteiger partial charge in [-0.1, -0.05) is 74.2 Å². The molecule has 0 atom stereocenters. The molecule has 39 heavy (non-hydrogen) atoms. The van der Waals surface area contributed by atoms with Crippen molar-refractivity contribution in [3.8, 4) is 0 Å². The molecule has 3 amide bonds. The number of nitrogens with one attached hydrogen (secondary N) is 1. The lowest BCUT2D eigenvalue weighted by Crippen LogP contribution is -2.38. The van der Waals surface area contributed by atoms with Gasteiger partial charge in [0.2, 0.25) is 5.91 Å². The van der Waals surface area contributed by atoms with Crippen molar-refractivity contribution in [3.05, 3.63) is 75.8 Å². The van der Waals surface area contributed by atoms with Crippen LogP contribution in [0.5, 0.6) is 0 Å². The van der Waals surface area contributed by atoms with Crippen molar-refractivity contribution in [1.29, 1.82) is 0 Å². The first-order chi connectivity index (χ1) is 18.8. The molecule has 1 saturated carbocycles. The third-order valence-electron chi connectivity index (χ3n) is 7.51. The van der Waals surface area contributed by atoms with Gasteiger partial charge in [0.1, 0.15) is 6.54 Å². The van der Waals surface area contributed by atoms with Gasteiger partial charge in [0.25, 0.3) is 11.1 Å². The van der Waals surface area contributed by atoms with Crippen LogP contribution in [0.2, 0.25) is 0 Å². The van der Waals surface area contributed by atoms with Crippen LogP contribution < -0.4 is 5.32 Å². The molecular weight excluding hydrogens is 510 g/mol. The second kappa shape index (κ2) is 11.6. The minimum atomic E-state index is -0.479. The van der Waals surface area contributed by atoms with Crippen LogP contribution in [0, 0.1) is 6.92 Å². The van der Waals surface area contributed by atoms with Crippen LogP contribution >= 0.6 is 11.8 Å². The van der Waals surface area contributed by atoms with Gasteiger partial charge in [-0.25, -0.2) is 0 Å². The van der Waals surface area contributed by atoms with E-state index in [0.717, 1.165) is 76.4 Å². The smallest absolute Gasteiger partial charge is 0.293 e. The van der Waals surface area contributed by atoms with E-state index >= 15 is 0 Å². The van der Waals surface area contributed by atoms with Crippen molar-refractivity contribution in [2.24, 2.45) is 0 Å². The average Bonchev–Trinajstić information content (AvgIpc) is 3.41. The number of aryl methyl sites for hydroxylation is 2. The van der Waals surface area contributed by atoms with Crippen LogP contribution in [0.1, 0.15) is 66.1 Å². The summed E-state index contributed by atoms with van der Waals surface area (Å²) in [5.74, 6) is -0.786. The van der Waals surface area contributed by atoms with Crippen molar-refractivity contribution >= 4 is 51.6 Å². The Kier molecular flexibility index (Phi) is 8.02. The fourth-order valence-electron chi connectivity index (χ4n) is 5.42. The summed E-state index contributed by atoms with van der Waals surface area (Å²) in [6.07, 6.45) is 9.94. The van der Waals surface area contributed by atoms with Gasteiger partial charge in [-0.15, -0.1) is 0 Å². The number of carbonyl (C=O) groups is 4. The average molecular weight is 544 g/mol. The van der Waals surface area contributed by atoms with E-state index in [2.05, 4.69) is 12.2 Å². The number of para-hydroxylation sites is 1. The fraction of sp³-hybridized carbons (Fsp3) is 0.355. The van der Waals surface area contributed by atoms with Gasteiger partial charge in [-0.2, -0.15) is 0 Å². The number of Topliss-reactive ketones (excluding diaryl/α,β-unsaturated/α-hetero) is 1. The number of nitrogens with zero attached hydrogens (tertiary/aromatic N) is 2. The van der Waals surface area contributed by atoms with Crippen molar-refractivity contribution in [2.45, 2.75) is 65.0 Å². The molecule has 1 aromatic heterocycles. The second-order valence-electron chi connectivity index (χ2n) is 10.3. The van der Waals surface area contributed by atoms with E-state index in [4.69, 9.17) is 0 Å². The van der Waals surface area contributed by atoms with Gasteiger partial charge in [0.15, 0.2) is 5.78 Å². The number of rotatable bonds is 8. The van der Waals surface area contributed by atoms with E-state index in [-0.39, 0.29) is 35.7 Å². The van der Waals surface area contributed by atoms with Crippen LogP contribution in [0.4, 0.5) is 4.79 Å². The molecule has 0 spiro atoms. The van der Waals surface area contributed by atoms with E-state index in [1.807, 2.05) is 48.0 Å². The number of carbonyl (C=O) groups excluding carboxylic acids is 4. The lowest BCUT2D eigenvalue weighted by Gasteiger charge is -2.23. The molecule has 1 aliphatic carbocycles. The molecule has 3 aromatic rings. The van der Waals surface area contributed by atoms with Crippen LogP contribution in [0.3, 0.4) is 0 Å². The number of thioether (sulfide) groups is 1. The molecule has 2 aliphatic rings. The number of hydrogen-bond acceptors (Lipinski definition) is 5. The quantitative estimate of drug-likeness (QED) is 0.283. The predicted molar refractivity (Wildman–Crippen MR) is 155 cm³/mol. The highest BCUT2D eigenvalue weighted by molar-refractivity contribution is 8.18. The van der Waals surface area contributed by atoms with Crippen LogP contribution in [-0.2, 0) is 22.6 Å². The second-order valence-corrected chi connectivity index (χ2v) is 11.3. The Morgan fingerprint density at radius 2 is 1.77 bits per heavy atom. The Hall–Kier alpha value is -3.65. The highest BCUT2D eigenvalue weighted by Crippen LogP contribution is 2.35. The molecule has 1 aliphatic heterocycles. The highest BCUT2D eigenvalue weighted by Gasteiger charge is 2.36. The van der Waals surface area contributed by atoms with Gasteiger partial charge in [0, 0.05) is 28.8 Å². The molecule has 1 saturated heterocycles. The number of amides is 3. The first-order valence-corrected chi connectivity index (χ1v) is 14.4. The zero-order valence-electron chi connectivity index (χ0n) is 22.4. The summed E-state index contributed by atoms with van der Waals surface area (Å²) in [5.41, 5.74) is 4.32. The number of imide groups is 1. The Labute approximate surface area is 232 Å². The summed E-state index contributed by atoms with van der Waals surface area (Å²) in [6, 6.07) is 13.3. The molecule has 2 fully saturated rings. The topological polar surface area (TPSA) is 88.5 Å². The molecule has 202 valence electrons. The van der Waals surface area contributed by atoms with Crippen LogP contribution in [0.15, 0.2) is 53.6 Å². The zero-order chi connectivity index (χ0) is 27.5. The Morgan fingerprint density at radius 3 is 2.49 bits per heavy atom. The first-order valence-electron chi connectivity index (χ1n) is 13.6. The van der Waals surface area contributed by atoms with Crippen molar-refractivity contribution in [2.75, 3.05) is 6.54 Å². The Balaban J connectivity index is 1.39. The molecule has 1 N–H and O–H groups in total. The highest BCUT2D eigenvalue weighted by atomic mass is 32.2. The fourth-order valence-corrected chi connectivity index (χ4v) is 6.25. The third-order valence-corrected chi connectivity index (χ3v) is 8.42. The van der Waals surface area contributed by atoms with Gasteiger partial charge < -0.3 is 9.88 Å². The minimum Gasteiger partial charge on any atom is -0.352 e. The normalized spacial score (nSPS) is 17.4. The van der Waals surface area contributed by atoms with Crippen LogP contribution in [0.25, 0.3) is 17.0 Å². The SMILES string of the molecule is CCc1cccc2c(/C=C3\SC(=O)N(CC(=O)c4ccc(C)cc4)C3=O)cn(CC(=O)NC3CCCCC3)c12. The molecule has 7 nitrogen and oxygen atoms in total. The molecule has 8 heteroatoms. The predicted octanol–water partition coefficient (Wildman–Crippen LogP) is 5.88. The third kappa shape index (κ3) is 5.86. The summed E-state index contributed by atoms with van der Waals surface area (Å²) in [5, 5.41) is 3.65. The Morgan fingerprint density at radius 1 is 1.03 bits per heavy atom. The molecule has 0 unspecified atom stereocenters. The summed E-state index contributed by atoms with van der Waals surface area (Å²) in [4.78, 5) is 52.9. The number of hydrogen-bond donors (Lipinski definition) is 1. The van der Waals surface area contributed by atoms with Gasteiger partial charge in [-0.3, -0.25) is 24.1 Å². The van der Waals surface area contributed by atoms with E-state index in [1.54, 1.807) is 18.2 Å². The molecule has 2 heterocycles. The summed E-state index contributed by atoms with van der Waals surface area (Å²) >= 11 is 0.839. The monoisotopic (exact) mass is 543 g/mol. The van der Waals surface area contributed by atoms with E-state index in [0.29, 0.717) is 5.56 Å². The van der Waals surface area contributed by atoms with Crippen molar-refractivity contribution < 1.29 is 19.2 Å². The van der Waals surface area contributed by atoms with Crippen LogP contribution in [-0.4, -0.2) is 44.9 Å². The van der Waals surface area contributed by atoms with Crippen molar-refractivity contribution in [1.82, 2.24) is 14.8 Å². The molecular formula is C31H33N3O4S. The molecule has 2 aromatic carbocycles. The summed E-state index contributed by atoms with van der Waals surface area (Å²) in [6.45, 7) is 3.89. The van der Waals surface area contributed by atoms with Gasteiger partial charge in [-0.05, 0) is 49.6 Å². The van der Waals surface area contributed by atoms with E-state index < -0.39 is 11.1 Å². The van der Waals surface area contributed by atoms with Gasteiger partial charge >= 0.3 is 0 Å². The number of aromatic nitrogens is 1. The standard InChI is InChI=1S/C31H33N3O4S/c1-3-21-8-7-11-25-23(17-33(29(21)25)19-28(36)32-24-9-5-4-6-10-24)16-27-30(37)34(31(38)39-27)18-26(35)22-14-12-20(2)13-15-22/h7-8,11-17,24H,3-6,9-10,18-19H2,1-2H3,(H,32,36)/b27-16-. The Bertz CT molecular complexity index is 1460. The number of fused-ring (bicyclic) bond motifs is 1. The van der Waals surface area contributed by atoms with Crippen molar-refractivity contribution in [3.63, 3.8) is 0 Å². The lowest BCUT2D eigenvalue weighted by atomic mass is 9.95. The molecule has 5 rings (SSSR count). The molecule has 0 radical (unpaired) electrons. The zero-order valence-corrected chi connectivity index (χ0v) is 23.2. The maximum Gasteiger partial charge on any atom is 0.293 e. The maximum atomic E-state index is 13.2. The van der Waals surface area contributed by atoms with E-state index in [1.165, 1.54) is 6.42 Å². The number of ketones is 1. The summed E-state index contributed by atoms with van der Waals surface area (Å²) in [7, 11) is 0. The summed E-state index contributed by atoms with van der Waals surface area (Å²) < 4.78 is 1.95. The minimum absolute atomic E-state index is 0.0220. The lowest BCUT2D eigenvalue weighted by molar-refractivity contribution is -0.123. The largest absolute Gasteiger partial charge is 0.352 e.